The summed E-state index contributed by atoms with van der Waals surface area (Å²) in [6.07, 6.45) is -1.39. The molecule has 0 aliphatic heterocycles. The van der Waals surface area contributed by atoms with Gasteiger partial charge in [0.15, 0.2) is 23.3 Å². The highest BCUT2D eigenvalue weighted by atomic mass is 28.4. The molecule has 8 heteroatoms. The van der Waals surface area contributed by atoms with Crippen LogP contribution in [0, 0.1) is 23.3 Å². The van der Waals surface area contributed by atoms with Gasteiger partial charge in [-0.3, -0.25) is 0 Å². The van der Waals surface area contributed by atoms with E-state index in [0.717, 1.165) is 0 Å². The molecule has 0 aromatic heterocycles. The zero-order valence-corrected chi connectivity index (χ0v) is 15.0. The van der Waals surface area contributed by atoms with Crippen LogP contribution in [0.4, 0.5) is 17.6 Å². The molecular formula is C15H22F4O3Si. The number of halogens is 4. The van der Waals surface area contributed by atoms with Crippen LogP contribution in [0.5, 0.6) is 0 Å². The summed E-state index contributed by atoms with van der Waals surface area (Å²) in [7, 11) is -4.01. The number of hydrogen-bond donors (Lipinski definition) is 0. The van der Waals surface area contributed by atoms with E-state index in [0.29, 0.717) is 6.07 Å². The van der Waals surface area contributed by atoms with Crippen molar-refractivity contribution in [2.75, 3.05) is 0 Å². The van der Waals surface area contributed by atoms with Gasteiger partial charge in [0.2, 0.25) is 0 Å². The Labute approximate surface area is 134 Å². The summed E-state index contributed by atoms with van der Waals surface area (Å²) < 4.78 is 71.9. The number of benzene rings is 1. The van der Waals surface area contributed by atoms with Crippen LogP contribution in [-0.4, -0.2) is 27.1 Å². The third-order valence-corrected chi connectivity index (χ3v) is 5.97. The number of rotatable bonds is 7. The molecule has 0 heterocycles. The maximum atomic E-state index is 14.3. The number of hydrogen-bond acceptors (Lipinski definition) is 3. The first-order valence-corrected chi connectivity index (χ1v) is 9.09. The Morgan fingerprint density at radius 3 is 1.43 bits per heavy atom. The normalized spacial score (nSPS) is 12.7. The van der Waals surface area contributed by atoms with Crippen molar-refractivity contribution in [3.8, 4) is 0 Å². The molecule has 3 nitrogen and oxygen atoms in total. The standard InChI is InChI=1S/C15H22F4O3Si/c1-8(2)20-23(21-9(3)4,22-10(5)6)12-7-11(16)13(17)15(19)14(12)18/h7-10H,1-6H3. The third kappa shape index (κ3) is 4.76. The van der Waals surface area contributed by atoms with Gasteiger partial charge in [0.05, 0.1) is 5.19 Å². The molecule has 1 aromatic carbocycles. The Kier molecular flexibility index (Phi) is 6.76. The van der Waals surface area contributed by atoms with E-state index in [1.165, 1.54) is 0 Å². The molecule has 0 spiro atoms. The first kappa shape index (κ1) is 20.1. The molecule has 0 unspecified atom stereocenters. The van der Waals surface area contributed by atoms with Gasteiger partial charge in [0, 0.05) is 18.3 Å². The molecule has 0 aliphatic carbocycles. The first-order valence-electron chi connectivity index (χ1n) is 7.37. The fourth-order valence-corrected chi connectivity index (χ4v) is 5.09. The summed E-state index contributed by atoms with van der Waals surface area (Å²) in [4.78, 5) is 0. The maximum absolute atomic E-state index is 14.3. The summed E-state index contributed by atoms with van der Waals surface area (Å²) >= 11 is 0. The third-order valence-electron chi connectivity index (χ3n) is 2.61. The molecule has 1 aromatic rings. The molecule has 1 rings (SSSR count). The summed E-state index contributed by atoms with van der Waals surface area (Å²) in [6, 6.07) is 0.549. The lowest BCUT2D eigenvalue weighted by atomic mass is 10.3. The van der Waals surface area contributed by atoms with E-state index < -0.39 is 55.6 Å². The molecule has 0 atom stereocenters. The Morgan fingerprint density at radius 2 is 1.09 bits per heavy atom. The SMILES string of the molecule is CC(C)O[Si](OC(C)C)(OC(C)C)c1cc(F)c(F)c(F)c1F. The van der Waals surface area contributed by atoms with Crippen LogP contribution in [-0.2, 0) is 13.3 Å². The molecule has 0 aliphatic rings. The highest BCUT2D eigenvalue weighted by Crippen LogP contribution is 2.22. The highest BCUT2D eigenvalue weighted by molar-refractivity contribution is 6.75. The van der Waals surface area contributed by atoms with Gasteiger partial charge < -0.3 is 13.3 Å². The second-order valence-electron chi connectivity index (χ2n) is 5.90. The van der Waals surface area contributed by atoms with Crippen molar-refractivity contribution in [2.45, 2.75) is 59.9 Å². The van der Waals surface area contributed by atoms with Gasteiger partial charge in [-0.05, 0) is 47.6 Å². The molecule has 132 valence electrons. The van der Waals surface area contributed by atoms with Gasteiger partial charge in [-0.15, -0.1) is 0 Å². The lowest BCUT2D eigenvalue weighted by Crippen LogP contribution is -2.61. The quantitative estimate of drug-likeness (QED) is 0.324. The van der Waals surface area contributed by atoms with E-state index in [9.17, 15) is 17.6 Å². The maximum Gasteiger partial charge on any atom is 0.541 e. The van der Waals surface area contributed by atoms with E-state index in [2.05, 4.69) is 0 Å². The molecule has 0 saturated carbocycles. The predicted molar refractivity (Wildman–Crippen MR) is 80.3 cm³/mol. The van der Waals surface area contributed by atoms with E-state index in [4.69, 9.17) is 13.3 Å². The van der Waals surface area contributed by atoms with Gasteiger partial charge in [0.25, 0.3) is 0 Å². The monoisotopic (exact) mass is 354 g/mol. The van der Waals surface area contributed by atoms with Crippen molar-refractivity contribution in [3.05, 3.63) is 29.3 Å². The smallest absolute Gasteiger partial charge is 0.367 e. The fraction of sp³-hybridized carbons (Fsp3) is 0.600. The molecule has 0 bridgehead atoms. The van der Waals surface area contributed by atoms with Crippen LogP contribution in [0.2, 0.25) is 0 Å². The fourth-order valence-electron chi connectivity index (χ4n) is 2.00. The van der Waals surface area contributed by atoms with Crippen molar-refractivity contribution in [1.82, 2.24) is 0 Å². The average molecular weight is 354 g/mol. The van der Waals surface area contributed by atoms with Gasteiger partial charge in [-0.2, -0.15) is 0 Å². The highest BCUT2D eigenvalue weighted by Gasteiger charge is 2.50. The minimum atomic E-state index is -4.01. The van der Waals surface area contributed by atoms with E-state index in [1.807, 2.05) is 0 Å². The lowest BCUT2D eigenvalue weighted by Gasteiger charge is -2.34. The van der Waals surface area contributed by atoms with E-state index in [1.54, 1.807) is 41.5 Å². The van der Waals surface area contributed by atoms with Gasteiger partial charge in [-0.1, -0.05) is 0 Å². The molecule has 0 amide bonds. The Morgan fingerprint density at radius 1 is 0.696 bits per heavy atom. The lowest BCUT2D eigenvalue weighted by molar-refractivity contribution is 0.0146. The van der Waals surface area contributed by atoms with Crippen molar-refractivity contribution in [3.63, 3.8) is 0 Å². The summed E-state index contributed by atoms with van der Waals surface area (Å²) in [5.74, 6) is -6.88. The van der Waals surface area contributed by atoms with Crippen molar-refractivity contribution in [2.24, 2.45) is 0 Å². The topological polar surface area (TPSA) is 27.7 Å². The average Bonchev–Trinajstić information content (AvgIpc) is 2.37. The molecule has 0 fully saturated rings. The molecule has 23 heavy (non-hydrogen) atoms. The van der Waals surface area contributed by atoms with Gasteiger partial charge >= 0.3 is 8.80 Å². The molecule has 0 radical (unpaired) electrons. The Hall–Kier alpha value is -0.963. The Balaban J connectivity index is 3.60. The van der Waals surface area contributed by atoms with Gasteiger partial charge in [-0.25, -0.2) is 17.6 Å². The van der Waals surface area contributed by atoms with Crippen molar-refractivity contribution < 1.29 is 30.8 Å². The van der Waals surface area contributed by atoms with Gasteiger partial charge in [0.1, 0.15) is 0 Å². The first-order chi connectivity index (χ1) is 10.5. The van der Waals surface area contributed by atoms with E-state index in [-0.39, 0.29) is 0 Å². The minimum absolute atomic E-state index is 0.463. The second-order valence-corrected chi connectivity index (χ2v) is 8.26. The molecular weight excluding hydrogens is 332 g/mol. The zero-order valence-electron chi connectivity index (χ0n) is 14.0. The van der Waals surface area contributed by atoms with Crippen LogP contribution in [0.25, 0.3) is 0 Å². The summed E-state index contributed by atoms with van der Waals surface area (Å²) in [5, 5.41) is -0.551. The Bertz CT molecular complexity index is 523. The molecule has 0 saturated heterocycles. The van der Waals surface area contributed by atoms with Crippen LogP contribution >= 0.6 is 0 Å². The predicted octanol–water partition coefficient (Wildman–Crippen LogP) is 3.66. The second kappa shape index (κ2) is 7.74. The van der Waals surface area contributed by atoms with Crippen LogP contribution in [0.3, 0.4) is 0 Å². The van der Waals surface area contributed by atoms with Crippen LogP contribution in [0.15, 0.2) is 6.07 Å². The van der Waals surface area contributed by atoms with Crippen molar-refractivity contribution >= 4 is 14.0 Å². The van der Waals surface area contributed by atoms with Crippen molar-refractivity contribution in [1.29, 1.82) is 0 Å². The minimum Gasteiger partial charge on any atom is -0.367 e. The summed E-state index contributed by atoms with van der Waals surface area (Å²) in [5.41, 5.74) is 0. The van der Waals surface area contributed by atoms with Crippen LogP contribution < -0.4 is 5.19 Å². The van der Waals surface area contributed by atoms with Crippen LogP contribution in [0.1, 0.15) is 41.5 Å². The summed E-state index contributed by atoms with van der Waals surface area (Å²) in [6.45, 7) is 9.94. The molecule has 0 N–H and O–H groups in total. The zero-order chi connectivity index (χ0) is 17.9. The largest absolute Gasteiger partial charge is 0.541 e. The van der Waals surface area contributed by atoms with E-state index >= 15 is 0 Å².